The molecular weight excluding hydrogens is 541 g/mol. The van der Waals surface area contributed by atoms with E-state index in [9.17, 15) is 14.4 Å². The van der Waals surface area contributed by atoms with Crippen LogP contribution in [0.2, 0.25) is 5.02 Å². The first-order chi connectivity index (χ1) is 19.0. The van der Waals surface area contributed by atoms with Gasteiger partial charge in [0, 0.05) is 39.0 Å². The minimum absolute atomic E-state index is 0.0404. The fourth-order valence-electron chi connectivity index (χ4n) is 5.81. The largest absolute Gasteiger partial charge is 0.384 e. The first-order valence-corrected chi connectivity index (χ1v) is 14.6. The molecule has 0 bridgehead atoms. The summed E-state index contributed by atoms with van der Waals surface area (Å²) < 4.78 is 13.4. The molecule has 1 aliphatic carbocycles. The average molecular weight is 572 g/mol. The predicted octanol–water partition coefficient (Wildman–Crippen LogP) is 8.33. The molecule has 1 atom stereocenters. The van der Waals surface area contributed by atoms with Gasteiger partial charge in [0.25, 0.3) is 0 Å². The van der Waals surface area contributed by atoms with E-state index in [-0.39, 0.29) is 17.0 Å². The van der Waals surface area contributed by atoms with Gasteiger partial charge in [0.05, 0.1) is 17.6 Å². The maximum atomic E-state index is 13.9. The van der Waals surface area contributed by atoms with Crippen LogP contribution in [-0.4, -0.2) is 5.78 Å². The second-order valence-electron chi connectivity index (χ2n) is 11.3. The molecule has 0 spiro atoms. The highest BCUT2D eigenvalue weighted by atomic mass is 35.5. The van der Waals surface area contributed by atoms with Crippen LogP contribution in [0.1, 0.15) is 54.9 Å². The summed E-state index contributed by atoms with van der Waals surface area (Å²) in [5.41, 5.74) is 13.3. The normalized spacial score (nSPS) is 18.6. The van der Waals surface area contributed by atoms with E-state index in [0.29, 0.717) is 40.6 Å². The molecule has 40 heavy (non-hydrogen) atoms. The SMILES string of the molecule is Cc1cc(CSc2ccc(F)cc2)c(C)c(C2C(C#N)=C(N)N(c3ccc(Cl)cc3)C3=C2C(=O)CC(C)(C)C3)c1. The van der Waals surface area contributed by atoms with E-state index in [1.807, 2.05) is 30.9 Å². The predicted molar refractivity (Wildman–Crippen MR) is 160 cm³/mol. The van der Waals surface area contributed by atoms with Crippen molar-refractivity contribution in [1.29, 1.82) is 5.26 Å². The van der Waals surface area contributed by atoms with Gasteiger partial charge in [-0.15, -0.1) is 11.8 Å². The van der Waals surface area contributed by atoms with Gasteiger partial charge in [-0.05, 0) is 90.9 Å². The molecule has 204 valence electrons. The summed E-state index contributed by atoms with van der Waals surface area (Å²) >= 11 is 7.80. The van der Waals surface area contributed by atoms with Crippen molar-refractivity contribution < 1.29 is 9.18 Å². The molecule has 5 rings (SSSR count). The van der Waals surface area contributed by atoms with Crippen LogP contribution in [0, 0.1) is 36.4 Å². The average Bonchev–Trinajstić information content (AvgIpc) is 2.89. The second-order valence-corrected chi connectivity index (χ2v) is 12.8. The van der Waals surface area contributed by atoms with Crippen molar-refractivity contribution >= 4 is 34.8 Å². The molecule has 3 aromatic rings. The van der Waals surface area contributed by atoms with Crippen LogP contribution >= 0.6 is 23.4 Å². The van der Waals surface area contributed by atoms with Gasteiger partial charge in [0.1, 0.15) is 11.6 Å². The standard InChI is InChI=1S/C33H31ClFN3OS/c1-19-13-21(18-40-25-11-7-23(35)8-12-25)20(2)26(14-19)30-27(17-36)32(37)38(24-9-5-22(34)6-10-24)28-15-33(3,4)16-29(39)31(28)30/h5-14,30H,15-16,18,37H2,1-4H3. The minimum Gasteiger partial charge on any atom is -0.384 e. The second kappa shape index (κ2) is 10.8. The Morgan fingerprint density at radius 1 is 1.10 bits per heavy atom. The van der Waals surface area contributed by atoms with Crippen LogP contribution in [0.5, 0.6) is 0 Å². The highest BCUT2D eigenvalue weighted by Gasteiger charge is 2.45. The summed E-state index contributed by atoms with van der Waals surface area (Å²) in [6.45, 7) is 8.25. The molecule has 1 unspecified atom stereocenters. The third-order valence-corrected chi connectivity index (χ3v) is 9.00. The van der Waals surface area contributed by atoms with Gasteiger partial charge in [-0.2, -0.15) is 5.26 Å². The number of carbonyl (C=O) groups excluding carboxylic acids is 1. The molecule has 0 fully saturated rings. The molecule has 1 heterocycles. The topological polar surface area (TPSA) is 70.1 Å². The Kier molecular flexibility index (Phi) is 7.56. The van der Waals surface area contributed by atoms with Crippen LogP contribution in [-0.2, 0) is 10.5 Å². The monoisotopic (exact) mass is 571 g/mol. The van der Waals surface area contributed by atoms with E-state index in [2.05, 4.69) is 32.0 Å². The Hall–Kier alpha value is -3.53. The number of rotatable bonds is 5. The van der Waals surface area contributed by atoms with E-state index >= 15 is 0 Å². The van der Waals surface area contributed by atoms with Crippen LogP contribution in [0.3, 0.4) is 0 Å². The summed E-state index contributed by atoms with van der Waals surface area (Å²) in [7, 11) is 0. The van der Waals surface area contributed by atoms with Crippen molar-refractivity contribution in [3.05, 3.63) is 116 Å². The van der Waals surface area contributed by atoms with Crippen molar-refractivity contribution in [3.63, 3.8) is 0 Å². The number of nitriles is 1. The Bertz CT molecular complexity index is 1600. The summed E-state index contributed by atoms with van der Waals surface area (Å²) in [6, 6.07) is 20.4. The van der Waals surface area contributed by atoms with E-state index in [4.69, 9.17) is 17.3 Å². The summed E-state index contributed by atoms with van der Waals surface area (Å²) in [5.74, 6) is 0.229. The Morgan fingerprint density at radius 3 is 2.42 bits per heavy atom. The number of benzene rings is 3. The number of thioether (sulfide) groups is 1. The smallest absolute Gasteiger partial charge is 0.162 e. The first-order valence-electron chi connectivity index (χ1n) is 13.2. The van der Waals surface area contributed by atoms with E-state index in [1.54, 1.807) is 36.0 Å². The summed E-state index contributed by atoms with van der Waals surface area (Å²) in [4.78, 5) is 16.8. The fourth-order valence-corrected chi connectivity index (χ4v) is 6.89. The van der Waals surface area contributed by atoms with E-state index in [0.717, 1.165) is 38.5 Å². The third kappa shape index (κ3) is 5.29. The quantitative estimate of drug-likeness (QED) is 0.312. The van der Waals surface area contributed by atoms with E-state index in [1.165, 1.54) is 12.1 Å². The van der Waals surface area contributed by atoms with Crippen LogP contribution in [0.25, 0.3) is 0 Å². The van der Waals surface area contributed by atoms with Crippen LogP contribution < -0.4 is 10.6 Å². The molecule has 2 N–H and O–H groups in total. The number of nitrogens with two attached hydrogens (primary N) is 1. The fraction of sp³-hybridized carbons (Fsp3) is 0.273. The number of halogens is 2. The molecule has 0 amide bonds. The Labute approximate surface area is 244 Å². The molecular formula is C33H31ClFN3OS. The number of hydrogen-bond acceptors (Lipinski definition) is 5. The summed E-state index contributed by atoms with van der Waals surface area (Å²) in [5, 5.41) is 11.1. The van der Waals surface area contributed by atoms with Gasteiger partial charge in [-0.3, -0.25) is 9.69 Å². The zero-order chi connectivity index (χ0) is 28.8. The molecule has 7 heteroatoms. The summed E-state index contributed by atoms with van der Waals surface area (Å²) in [6.07, 6.45) is 1.04. The van der Waals surface area contributed by atoms with Gasteiger partial charge in [0.2, 0.25) is 0 Å². The highest BCUT2D eigenvalue weighted by molar-refractivity contribution is 7.98. The van der Waals surface area contributed by atoms with Crippen molar-refractivity contribution in [1.82, 2.24) is 0 Å². The van der Waals surface area contributed by atoms with Crippen molar-refractivity contribution in [2.75, 3.05) is 4.90 Å². The number of hydrogen-bond donors (Lipinski definition) is 1. The van der Waals surface area contributed by atoms with Crippen LogP contribution in [0.4, 0.5) is 10.1 Å². The Morgan fingerprint density at radius 2 is 1.77 bits per heavy atom. The van der Waals surface area contributed by atoms with Crippen molar-refractivity contribution in [2.24, 2.45) is 11.1 Å². The molecule has 0 radical (unpaired) electrons. The lowest BCUT2D eigenvalue weighted by Gasteiger charge is -2.44. The third-order valence-electron chi connectivity index (χ3n) is 7.68. The lowest BCUT2D eigenvalue weighted by atomic mass is 9.68. The number of allylic oxidation sites excluding steroid dienone is 3. The number of carbonyl (C=O) groups is 1. The van der Waals surface area contributed by atoms with E-state index < -0.39 is 5.92 Å². The minimum atomic E-state index is -0.554. The maximum Gasteiger partial charge on any atom is 0.162 e. The lowest BCUT2D eigenvalue weighted by Crippen LogP contribution is -2.42. The van der Waals surface area contributed by atoms with Gasteiger partial charge in [-0.25, -0.2) is 4.39 Å². The lowest BCUT2D eigenvalue weighted by molar-refractivity contribution is -0.118. The Balaban J connectivity index is 1.66. The molecule has 0 saturated heterocycles. The van der Waals surface area contributed by atoms with Gasteiger partial charge in [-0.1, -0.05) is 43.1 Å². The number of aryl methyl sites for hydroxylation is 1. The number of Topliss-reactive ketones (excluding diaryl/α,β-unsaturated/α-hetero) is 1. The molecule has 0 saturated carbocycles. The van der Waals surface area contributed by atoms with Crippen molar-refractivity contribution in [3.8, 4) is 6.07 Å². The van der Waals surface area contributed by atoms with Gasteiger partial charge >= 0.3 is 0 Å². The molecule has 2 aliphatic rings. The molecule has 1 aliphatic heterocycles. The molecule has 3 aromatic carbocycles. The van der Waals surface area contributed by atoms with Gasteiger partial charge < -0.3 is 5.73 Å². The zero-order valence-corrected chi connectivity index (χ0v) is 24.6. The first kappa shape index (κ1) is 28.0. The number of nitrogens with zero attached hydrogens (tertiary/aromatic N) is 2. The van der Waals surface area contributed by atoms with Crippen molar-refractivity contribution in [2.45, 2.75) is 57.1 Å². The highest BCUT2D eigenvalue weighted by Crippen LogP contribution is 2.51. The number of ketones is 1. The molecule has 0 aromatic heterocycles. The number of anilines is 1. The van der Waals surface area contributed by atoms with Crippen LogP contribution in [0.15, 0.2) is 88.2 Å². The zero-order valence-electron chi connectivity index (χ0n) is 23.0. The molecule has 4 nitrogen and oxygen atoms in total. The maximum absolute atomic E-state index is 13.9. The van der Waals surface area contributed by atoms with Gasteiger partial charge in [0.15, 0.2) is 5.78 Å².